The van der Waals surface area contributed by atoms with Crippen molar-refractivity contribution in [3.8, 4) is 44.5 Å². The third-order valence-electron chi connectivity index (χ3n) is 13.2. The lowest BCUT2D eigenvalue weighted by Gasteiger charge is -2.36. The van der Waals surface area contributed by atoms with Crippen molar-refractivity contribution in [2.75, 3.05) is 9.80 Å². The molecule has 0 N–H and O–H groups in total. The summed E-state index contributed by atoms with van der Waals surface area (Å²) in [6, 6.07) is 76.5. The van der Waals surface area contributed by atoms with E-state index in [1.807, 2.05) is 12.1 Å². The first-order valence-electron chi connectivity index (χ1n) is 24.3. The number of nitrogens with zero attached hydrogens (tertiary/aromatic N) is 2. The SMILES string of the molecule is CC(C)(C)c1cc(N(c2cccc(Cl)c2)c2c(-c3ccccc3)cc(C(C)(C)C)cc2-c2ccccc2)cc(N(c2cccc(Cl)c2)c2c(-c3ccccc3)cc(C(C)(C)C)cc2-c2ccccc2)c1. The molecule has 0 bridgehead atoms. The lowest BCUT2D eigenvalue weighted by molar-refractivity contribution is 0.590. The Bertz CT molecular complexity index is 2930. The summed E-state index contributed by atoms with van der Waals surface area (Å²) in [6.45, 7) is 20.7. The summed E-state index contributed by atoms with van der Waals surface area (Å²) in [5.41, 5.74) is 18.1. The lowest BCUT2D eigenvalue weighted by atomic mass is 9.81. The van der Waals surface area contributed by atoms with Crippen molar-refractivity contribution in [1.82, 2.24) is 0 Å². The molecule has 4 heteroatoms. The molecule has 70 heavy (non-hydrogen) atoms. The van der Waals surface area contributed by atoms with Gasteiger partial charge in [0.25, 0.3) is 0 Å². The lowest BCUT2D eigenvalue weighted by Crippen LogP contribution is -2.20. The van der Waals surface area contributed by atoms with E-state index < -0.39 is 0 Å². The fourth-order valence-corrected chi connectivity index (χ4v) is 9.67. The van der Waals surface area contributed by atoms with E-state index in [2.05, 4.69) is 272 Å². The highest BCUT2D eigenvalue weighted by molar-refractivity contribution is 6.31. The van der Waals surface area contributed by atoms with Gasteiger partial charge < -0.3 is 9.80 Å². The second-order valence-electron chi connectivity index (χ2n) is 21.4. The minimum Gasteiger partial charge on any atom is -0.309 e. The summed E-state index contributed by atoms with van der Waals surface area (Å²) < 4.78 is 0. The molecular weight excluding hydrogens is 892 g/mol. The Balaban J connectivity index is 1.46. The van der Waals surface area contributed by atoms with E-state index in [9.17, 15) is 0 Å². The van der Waals surface area contributed by atoms with Gasteiger partial charge in [0.05, 0.1) is 11.4 Å². The Kier molecular flexibility index (Phi) is 13.4. The Morgan fingerprint density at radius 2 is 0.543 bits per heavy atom. The maximum Gasteiger partial charge on any atom is 0.0618 e. The molecule has 2 nitrogen and oxygen atoms in total. The van der Waals surface area contributed by atoms with Crippen LogP contribution in [0, 0.1) is 0 Å². The molecule has 0 atom stereocenters. The number of benzene rings is 9. The van der Waals surface area contributed by atoms with Crippen LogP contribution >= 0.6 is 23.2 Å². The van der Waals surface area contributed by atoms with Gasteiger partial charge in [-0.05, 0) is 134 Å². The van der Waals surface area contributed by atoms with Crippen molar-refractivity contribution in [3.05, 3.63) is 239 Å². The molecule has 0 aliphatic carbocycles. The van der Waals surface area contributed by atoms with Gasteiger partial charge in [-0.1, -0.05) is 219 Å². The van der Waals surface area contributed by atoms with Crippen LogP contribution in [0.1, 0.15) is 79.0 Å². The van der Waals surface area contributed by atoms with Gasteiger partial charge in [-0.2, -0.15) is 0 Å². The molecule has 0 fully saturated rings. The molecule has 350 valence electrons. The van der Waals surface area contributed by atoms with Crippen molar-refractivity contribution in [2.45, 2.75) is 78.6 Å². The van der Waals surface area contributed by atoms with Crippen LogP contribution in [0.4, 0.5) is 34.1 Å². The highest BCUT2D eigenvalue weighted by Crippen LogP contribution is 2.53. The standard InChI is InChI=1S/C66H62Cl2N2/c1-64(2,3)49-36-56(69(54-34-22-32-52(67)42-54)62-58(45-24-14-10-15-25-45)38-50(65(4,5)6)39-59(62)46-26-16-11-17-27-46)44-57(37-49)70(55-35-23-33-53(68)43-55)63-60(47-28-18-12-19-29-47)40-51(66(7,8)9)41-61(63)48-30-20-13-21-31-48/h10-44H,1-9H3. The minimum atomic E-state index is -0.272. The van der Waals surface area contributed by atoms with Crippen molar-refractivity contribution >= 4 is 57.3 Å². The summed E-state index contributed by atoms with van der Waals surface area (Å²) in [4.78, 5) is 4.88. The molecule has 9 aromatic carbocycles. The normalized spacial score (nSPS) is 11.9. The first-order valence-corrected chi connectivity index (χ1v) is 25.1. The predicted octanol–water partition coefficient (Wildman–Crippen LogP) is 20.5. The second-order valence-corrected chi connectivity index (χ2v) is 22.3. The van der Waals surface area contributed by atoms with E-state index >= 15 is 0 Å². The van der Waals surface area contributed by atoms with Crippen LogP contribution in [0.2, 0.25) is 10.0 Å². The summed E-state index contributed by atoms with van der Waals surface area (Å²) in [6.07, 6.45) is 0. The van der Waals surface area contributed by atoms with Crippen LogP contribution in [0.5, 0.6) is 0 Å². The molecule has 0 aromatic heterocycles. The summed E-state index contributed by atoms with van der Waals surface area (Å²) in [7, 11) is 0. The Morgan fingerprint density at radius 1 is 0.271 bits per heavy atom. The number of hydrogen-bond acceptors (Lipinski definition) is 2. The molecule has 0 unspecified atom stereocenters. The van der Waals surface area contributed by atoms with Crippen LogP contribution in [0.15, 0.2) is 212 Å². The summed E-state index contributed by atoms with van der Waals surface area (Å²) in [5.74, 6) is 0. The molecule has 0 radical (unpaired) electrons. The number of halogens is 2. The average Bonchev–Trinajstić information content (AvgIpc) is 3.34. The fraction of sp³-hybridized carbons (Fsp3) is 0.182. The Labute approximate surface area is 426 Å². The molecular formula is C66H62Cl2N2. The van der Waals surface area contributed by atoms with E-state index in [-0.39, 0.29) is 16.2 Å². The van der Waals surface area contributed by atoms with Gasteiger partial charge >= 0.3 is 0 Å². The first-order chi connectivity index (χ1) is 33.4. The van der Waals surface area contributed by atoms with Crippen molar-refractivity contribution in [2.24, 2.45) is 0 Å². The van der Waals surface area contributed by atoms with E-state index in [4.69, 9.17) is 23.2 Å². The molecule has 0 spiro atoms. The molecule has 0 aliphatic heterocycles. The quantitative estimate of drug-likeness (QED) is 0.135. The van der Waals surface area contributed by atoms with Crippen LogP contribution in [0.25, 0.3) is 44.5 Å². The van der Waals surface area contributed by atoms with E-state index in [1.165, 1.54) is 16.7 Å². The van der Waals surface area contributed by atoms with Crippen LogP contribution in [-0.2, 0) is 16.2 Å². The van der Waals surface area contributed by atoms with E-state index in [0.717, 1.165) is 78.6 Å². The van der Waals surface area contributed by atoms with Gasteiger partial charge in [0.15, 0.2) is 0 Å². The van der Waals surface area contributed by atoms with Crippen molar-refractivity contribution in [3.63, 3.8) is 0 Å². The third kappa shape index (κ3) is 10.2. The fourth-order valence-electron chi connectivity index (χ4n) is 9.30. The first kappa shape index (κ1) is 48.2. The largest absolute Gasteiger partial charge is 0.309 e. The van der Waals surface area contributed by atoms with Crippen molar-refractivity contribution in [1.29, 1.82) is 0 Å². The van der Waals surface area contributed by atoms with Gasteiger partial charge in [-0.15, -0.1) is 0 Å². The van der Waals surface area contributed by atoms with Crippen LogP contribution in [-0.4, -0.2) is 0 Å². The smallest absolute Gasteiger partial charge is 0.0618 e. The van der Waals surface area contributed by atoms with Crippen LogP contribution < -0.4 is 9.80 Å². The maximum atomic E-state index is 7.07. The van der Waals surface area contributed by atoms with Gasteiger partial charge in [-0.3, -0.25) is 0 Å². The zero-order valence-electron chi connectivity index (χ0n) is 41.9. The number of hydrogen-bond donors (Lipinski definition) is 0. The zero-order valence-corrected chi connectivity index (χ0v) is 43.4. The molecule has 0 saturated heterocycles. The molecule has 0 amide bonds. The molecule has 0 saturated carbocycles. The predicted molar refractivity (Wildman–Crippen MR) is 304 cm³/mol. The third-order valence-corrected chi connectivity index (χ3v) is 13.6. The van der Waals surface area contributed by atoms with Gasteiger partial charge in [0.2, 0.25) is 0 Å². The maximum absolute atomic E-state index is 7.07. The van der Waals surface area contributed by atoms with E-state index in [1.54, 1.807) is 0 Å². The minimum absolute atomic E-state index is 0.140. The molecule has 9 rings (SSSR count). The monoisotopic (exact) mass is 952 g/mol. The van der Waals surface area contributed by atoms with Crippen molar-refractivity contribution < 1.29 is 0 Å². The highest BCUT2D eigenvalue weighted by Gasteiger charge is 2.31. The van der Waals surface area contributed by atoms with Gasteiger partial charge in [0.1, 0.15) is 0 Å². The average molecular weight is 954 g/mol. The number of rotatable bonds is 10. The molecule has 0 aliphatic rings. The highest BCUT2D eigenvalue weighted by atomic mass is 35.5. The molecule has 0 heterocycles. The number of anilines is 6. The zero-order chi connectivity index (χ0) is 49.4. The summed E-state index contributed by atoms with van der Waals surface area (Å²) in [5, 5.41) is 1.31. The Morgan fingerprint density at radius 3 is 0.800 bits per heavy atom. The summed E-state index contributed by atoms with van der Waals surface area (Å²) >= 11 is 14.1. The topological polar surface area (TPSA) is 6.48 Å². The van der Waals surface area contributed by atoms with E-state index in [0.29, 0.717) is 10.0 Å². The van der Waals surface area contributed by atoms with Crippen LogP contribution in [0.3, 0.4) is 0 Å². The van der Waals surface area contributed by atoms with Gasteiger partial charge in [0, 0.05) is 55.0 Å². The molecule has 9 aromatic rings. The van der Waals surface area contributed by atoms with Gasteiger partial charge in [-0.25, -0.2) is 0 Å². The second kappa shape index (κ2) is 19.5. The Hall–Kier alpha value is -6.84.